The Kier molecular flexibility index (Phi) is 8.43. The van der Waals surface area contributed by atoms with Gasteiger partial charge < -0.3 is 10.2 Å². The number of hydrogen-bond acceptors (Lipinski definition) is 3. The number of nitrogens with zero attached hydrogens (tertiary/aromatic N) is 2. The lowest BCUT2D eigenvalue weighted by Crippen LogP contribution is -2.43. The highest BCUT2D eigenvalue weighted by molar-refractivity contribution is 4.95. The van der Waals surface area contributed by atoms with Crippen LogP contribution in [0.5, 0.6) is 0 Å². The van der Waals surface area contributed by atoms with Gasteiger partial charge in [-0.2, -0.15) is 0 Å². The molecule has 1 saturated heterocycles. The van der Waals surface area contributed by atoms with Gasteiger partial charge in [0.25, 0.3) is 0 Å². The van der Waals surface area contributed by atoms with Crippen molar-refractivity contribution in [2.75, 3.05) is 39.8 Å². The smallest absolute Gasteiger partial charge is 0.0165 e. The largest absolute Gasteiger partial charge is 0.314 e. The highest BCUT2D eigenvalue weighted by atomic mass is 15.1. The number of rotatable bonds is 8. The molecule has 0 unspecified atom stereocenters. The first-order chi connectivity index (χ1) is 9.49. The number of allylic oxidation sites excluding steroid dienone is 1. The topological polar surface area (TPSA) is 18.5 Å². The molecule has 1 rings (SSSR count). The molecular weight excluding hydrogens is 246 g/mol. The zero-order chi connectivity index (χ0) is 15.0. The number of hydrogen-bond donors (Lipinski definition) is 1. The summed E-state index contributed by atoms with van der Waals surface area (Å²) >= 11 is 0. The van der Waals surface area contributed by atoms with Gasteiger partial charge in [0.1, 0.15) is 0 Å². The normalized spacial score (nSPS) is 17.9. The summed E-state index contributed by atoms with van der Waals surface area (Å²) in [4.78, 5) is 4.99. The van der Waals surface area contributed by atoms with E-state index in [4.69, 9.17) is 0 Å². The van der Waals surface area contributed by atoms with Crippen molar-refractivity contribution in [1.29, 1.82) is 0 Å². The van der Waals surface area contributed by atoms with Gasteiger partial charge in [0.05, 0.1) is 0 Å². The lowest BCUT2D eigenvalue weighted by molar-refractivity contribution is 0.211. The standard InChI is InChI=1S/C17H35N3/c1-15(2)7-12-20-13-8-17(9-14-20)18-10-6-11-19(5)16(3)4/h7,16-18H,6,8-14H2,1-5H3. The van der Waals surface area contributed by atoms with Gasteiger partial charge in [-0.25, -0.2) is 0 Å². The van der Waals surface area contributed by atoms with Crippen LogP contribution in [0.25, 0.3) is 0 Å². The van der Waals surface area contributed by atoms with Crippen LogP contribution in [0.15, 0.2) is 11.6 Å². The summed E-state index contributed by atoms with van der Waals surface area (Å²) in [6.07, 6.45) is 6.20. The molecule has 0 aliphatic carbocycles. The molecule has 3 heteroatoms. The van der Waals surface area contributed by atoms with E-state index in [1.54, 1.807) is 0 Å². The third kappa shape index (κ3) is 7.41. The van der Waals surface area contributed by atoms with E-state index < -0.39 is 0 Å². The fourth-order valence-corrected chi connectivity index (χ4v) is 2.52. The van der Waals surface area contributed by atoms with E-state index in [1.807, 2.05) is 0 Å². The summed E-state index contributed by atoms with van der Waals surface area (Å²) in [6, 6.07) is 1.40. The number of nitrogens with one attached hydrogen (secondary N) is 1. The Hall–Kier alpha value is -0.380. The second kappa shape index (κ2) is 9.54. The zero-order valence-corrected chi connectivity index (χ0v) is 14.3. The molecule has 0 atom stereocenters. The third-order valence-electron chi connectivity index (χ3n) is 4.35. The van der Waals surface area contributed by atoms with Crippen LogP contribution in [0.3, 0.4) is 0 Å². The van der Waals surface area contributed by atoms with Crippen LogP contribution in [0.4, 0.5) is 0 Å². The summed E-state index contributed by atoms with van der Waals surface area (Å²) in [6.45, 7) is 14.9. The maximum absolute atomic E-state index is 3.73. The Labute approximate surface area is 126 Å². The first-order valence-electron chi connectivity index (χ1n) is 8.28. The fourth-order valence-electron chi connectivity index (χ4n) is 2.52. The van der Waals surface area contributed by atoms with E-state index in [2.05, 4.69) is 55.9 Å². The SMILES string of the molecule is CC(C)=CCN1CCC(NCCCN(C)C(C)C)CC1. The van der Waals surface area contributed by atoms with E-state index in [1.165, 1.54) is 44.5 Å². The van der Waals surface area contributed by atoms with Crippen LogP contribution in [-0.4, -0.2) is 61.7 Å². The molecule has 0 aromatic rings. The lowest BCUT2D eigenvalue weighted by atomic mass is 10.0. The monoisotopic (exact) mass is 281 g/mol. The summed E-state index contributed by atoms with van der Waals surface area (Å²) in [5.74, 6) is 0. The van der Waals surface area contributed by atoms with Gasteiger partial charge in [-0.1, -0.05) is 11.6 Å². The maximum Gasteiger partial charge on any atom is 0.0165 e. The quantitative estimate of drug-likeness (QED) is 0.545. The Morgan fingerprint density at radius 2 is 1.95 bits per heavy atom. The second-order valence-electron chi connectivity index (χ2n) is 6.74. The molecule has 1 aliphatic rings. The Morgan fingerprint density at radius 3 is 2.50 bits per heavy atom. The minimum Gasteiger partial charge on any atom is -0.314 e. The van der Waals surface area contributed by atoms with E-state index in [0.717, 1.165) is 19.1 Å². The van der Waals surface area contributed by atoms with Gasteiger partial charge in [0.2, 0.25) is 0 Å². The van der Waals surface area contributed by atoms with Gasteiger partial charge in [0, 0.05) is 18.6 Å². The van der Waals surface area contributed by atoms with Crippen molar-refractivity contribution in [3.8, 4) is 0 Å². The maximum atomic E-state index is 3.73. The van der Waals surface area contributed by atoms with Crippen LogP contribution in [0, 0.1) is 0 Å². The van der Waals surface area contributed by atoms with Crippen LogP contribution < -0.4 is 5.32 Å². The Morgan fingerprint density at radius 1 is 1.30 bits per heavy atom. The second-order valence-corrected chi connectivity index (χ2v) is 6.74. The van der Waals surface area contributed by atoms with Crippen molar-refractivity contribution < 1.29 is 0 Å². The van der Waals surface area contributed by atoms with Crippen LogP contribution in [0.2, 0.25) is 0 Å². The van der Waals surface area contributed by atoms with Gasteiger partial charge in [0.15, 0.2) is 0 Å². The average Bonchev–Trinajstić information content (AvgIpc) is 2.42. The molecule has 118 valence electrons. The van der Waals surface area contributed by atoms with Gasteiger partial charge in [-0.3, -0.25) is 4.90 Å². The molecule has 0 saturated carbocycles. The highest BCUT2D eigenvalue weighted by Gasteiger charge is 2.17. The van der Waals surface area contributed by atoms with Gasteiger partial charge >= 0.3 is 0 Å². The van der Waals surface area contributed by atoms with Crippen molar-refractivity contribution in [3.05, 3.63) is 11.6 Å². The molecule has 1 aliphatic heterocycles. The summed E-state index contributed by atoms with van der Waals surface area (Å²) in [5, 5.41) is 3.73. The zero-order valence-electron chi connectivity index (χ0n) is 14.3. The van der Waals surface area contributed by atoms with Gasteiger partial charge in [-0.15, -0.1) is 0 Å². The average molecular weight is 281 g/mol. The molecule has 0 aromatic carbocycles. The van der Waals surface area contributed by atoms with Crippen molar-refractivity contribution in [2.24, 2.45) is 0 Å². The molecule has 0 amide bonds. The molecule has 1 N–H and O–H groups in total. The van der Waals surface area contributed by atoms with Crippen molar-refractivity contribution in [1.82, 2.24) is 15.1 Å². The number of piperidine rings is 1. The molecule has 0 bridgehead atoms. The Balaban J connectivity index is 2.06. The summed E-state index contributed by atoms with van der Waals surface area (Å²) in [7, 11) is 2.21. The van der Waals surface area contributed by atoms with Crippen LogP contribution in [0.1, 0.15) is 47.0 Å². The minimum absolute atomic E-state index is 0.660. The van der Waals surface area contributed by atoms with E-state index >= 15 is 0 Å². The van der Waals surface area contributed by atoms with Crippen molar-refractivity contribution >= 4 is 0 Å². The molecular formula is C17H35N3. The van der Waals surface area contributed by atoms with Gasteiger partial charge in [-0.05, 0) is 80.2 Å². The summed E-state index contributed by atoms with van der Waals surface area (Å²) < 4.78 is 0. The predicted octanol–water partition coefficient (Wildman–Crippen LogP) is 2.74. The fraction of sp³-hybridized carbons (Fsp3) is 0.882. The van der Waals surface area contributed by atoms with Crippen molar-refractivity contribution in [3.63, 3.8) is 0 Å². The predicted molar refractivity (Wildman–Crippen MR) is 89.3 cm³/mol. The minimum atomic E-state index is 0.660. The highest BCUT2D eigenvalue weighted by Crippen LogP contribution is 2.10. The van der Waals surface area contributed by atoms with E-state index in [-0.39, 0.29) is 0 Å². The van der Waals surface area contributed by atoms with E-state index in [9.17, 15) is 0 Å². The molecule has 3 nitrogen and oxygen atoms in total. The molecule has 1 fully saturated rings. The molecule has 20 heavy (non-hydrogen) atoms. The molecule has 1 heterocycles. The number of likely N-dealkylation sites (tertiary alicyclic amines) is 1. The molecule has 0 radical (unpaired) electrons. The lowest BCUT2D eigenvalue weighted by Gasteiger charge is -2.32. The first kappa shape index (κ1) is 17.7. The third-order valence-corrected chi connectivity index (χ3v) is 4.35. The molecule has 0 aromatic heterocycles. The van der Waals surface area contributed by atoms with Crippen LogP contribution >= 0.6 is 0 Å². The van der Waals surface area contributed by atoms with Crippen molar-refractivity contribution in [2.45, 2.75) is 59.0 Å². The van der Waals surface area contributed by atoms with E-state index in [0.29, 0.717) is 6.04 Å². The summed E-state index contributed by atoms with van der Waals surface area (Å²) in [5.41, 5.74) is 1.43. The molecule has 0 spiro atoms. The van der Waals surface area contributed by atoms with Crippen LogP contribution in [-0.2, 0) is 0 Å². The Bertz CT molecular complexity index is 274. The first-order valence-corrected chi connectivity index (χ1v) is 8.28.